The molecule has 0 unspecified atom stereocenters. The molecule has 2 aromatic carbocycles. The number of ether oxygens (including phenoxy) is 1. The number of carboxylic acid groups (broad SMARTS) is 1. The molecular formula is C26H19F6NO3. The average Bonchev–Trinajstić information content (AvgIpc) is 3.27. The van der Waals surface area contributed by atoms with E-state index in [2.05, 4.69) is 4.98 Å². The first kappa shape index (κ1) is 25.3. The van der Waals surface area contributed by atoms with Gasteiger partial charge in [0.15, 0.2) is 0 Å². The van der Waals surface area contributed by atoms with E-state index in [1.165, 1.54) is 19.2 Å². The molecule has 188 valence electrons. The van der Waals surface area contributed by atoms with Crippen molar-refractivity contribution >= 4 is 17.1 Å². The van der Waals surface area contributed by atoms with Crippen LogP contribution in [-0.2, 0) is 12.8 Å². The minimum absolute atomic E-state index is 0.0530. The van der Waals surface area contributed by atoms with Crippen LogP contribution in [0.3, 0.4) is 0 Å². The Morgan fingerprint density at radius 3 is 2.33 bits per heavy atom. The van der Waals surface area contributed by atoms with Crippen LogP contribution in [0.5, 0.6) is 5.75 Å². The SMILES string of the molecule is Cc1ncc(C2=C(c3cc(OCc4c(F)cc(F)cc4F)ccc3C(F)(F)F)CCC2)cc1C(=O)O. The minimum Gasteiger partial charge on any atom is -0.489 e. The number of allylic oxidation sites excluding steroid dienone is 2. The second kappa shape index (κ2) is 9.67. The zero-order valence-electron chi connectivity index (χ0n) is 18.8. The summed E-state index contributed by atoms with van der Waals surface area (Å²) in [5, 5.41) is 9.41. The van der Waals surface area contributed by atoms with Crippen molar-refractivity contribution < 1.29 is 41.0 Å². The molecule has 0 aliphatic heterocycles. The van der Waals surface area contributed by atoms with Crippen molar-refractivity contribution in [2.45, 2.75) is 39.0 Å². The molecule has 1 aliphatic rings. The molecule has 1 aliphatic carbocycles. The van der Waals surface area contributed by atoms with Crippen molar-refractivity contribution in [3.05, 3.63) is 93.6 Å². The quantitative estimate of drug-likeness (QED) is 0.359. The molecule has 0 bridgehead atoms. The summed E-state index contributed by atoms with van der Waals surface area (Å²) < 4.78 is 88.1. The van der Waals surface area contributed by atoms with Gasteiger partial charge in [0.05, 0.1) is 22.4 Å². The van der Waals surface area contributed by atoms with Crippen LogP contribution in [0.15, 0.2) is 42.6 Å². The molecule has 4 nitrogen and oxygen atoms in total. The molecule has 36 heavy (non-hydrogen) atoms. The van der Waals surface area contributed by atoms with E-state index < -0.39 is 47.3 Å². The lowest BCUT2D eigenvalue weighted by molar-refractivity contribution is -0.137. The summed E-state index contributed by atoms with van der Waals surface area (Å²) in [6.07, 6.45) is -2.04. The van der Waals surface area contributed by atoms with Crippen LogP contribution in [0.1, 0.15) is 57.6 Å². The van der Waals surface area contributed by atoms with E-state index in [4.69, 9.17) is 4.74 Å². The van der Waals surface area contributed by atoms with Gasteiger partial charge in [-0.3, -0.25) is 4.98 Å². The highest BCUT2D eigenvalue weighted by Crippen LogP contribution is 2.45. The predicted octanol–water partition coefficient (Wildman–Crippen LogP) is 7.20. The lowest BCUT2D eigenvalue weighted by Crippen LogP contribution is -2.10. The number of halogens is 6. The molecule has 0 radical (unpaired) electrons. The van der Waals surface area contributed by atoms with Gasteiger partial charge in [-0.1, -0.05) is 0 Å². The van der Waals surface area contributed by atoms with Crippen molar-refractivity contribution in [2.24, 2.45) is 0 Å². The summed E-state index contributed by atoms with van der Waals surface area (Å²) in [6, 6.07) is 5.35. The van der Waals surface area contributed by atoms with Crippen LogP contribution in [0, 0.1) is 24.4 Å². The minimum atomic E-state index is -4.71. The zero-order chi connectivity index (χ0) is 26.2. The Labute approximate surface area is 201 Å². The van der Waals surface area contributed by atoms with E-state index in [0.717, 1.165) is 18.2 Å². The number of hydrogen-bond acceptors (Lipinski definition) is 3. The summed E-state index contributed by atoms with van der Waals surface area (Å²) in [6.45, 7) is 0.852. The molecule has 0 amide bonds. The Morgan fingerprint density at radius 1 is 1.03 bits per heavy atom. The largest absolute Gasteiger partial charge is 0.489 e. The Bertz CT molecular complexity index is 1360. The number of carbonyl (C=O) groups is 1. The molecule has 1 aromatic heterocycles. The number of carboxylic acids is 1. The van der Waals surface area contributed by atoms with Crippen LogP contribution in [0.2, 0.25) is 0 Å². The van der Waals surface area contributed by atoms with Crippen LogP contribution in [0.4, 0.5) is 26.3 Å². The molecule has 0 saturated heterocycles. The number of benzene rings is 2. The van der Waals surface area contributed by atoms with Crippen molar-refractivity contribution in [3.63, 3.8) is 0 Å². The maximum atomic E-state index is 14.0. The normalized spacial score (nSPS) is 13.9. The third-order valence-electron chi connectivity index (χ3n) is 5.99. The maximum Gasteiger partial charge on any atom is 0.417 e. The van der Waals surface area contributed by atoms with Gasteiger partial charge in [-0.15, -0.1) is 0 Å². The first-order chi connectivity index (χ1) is 17.0. The zero-order valence-corrected chi connectivity index (χ0v) is 18.8. The molecule has 0 fully saturated rings. The Kier molecular flexibility index (Phi) is 6.79. The van der Waals surface area contributed by atoms with Crippen molar-refractivity contribution in [1.29, 1.82) is 0 Å². The molecule has 0 saturated carbocycles. The fraction of sp³-hybridized carbons (Fsp3) is 0.231. The van der Waals surface area contributed by atoms with Crippen molar-refractivity contribution in [2.75, 3.05) is 0 Å². The van der Waals surface area contributed by atoms with Crippen molar-refractivity contribution in [1.82, 2.24) is 4.98 Å². The highest BCUT2D eigenvalue weighted by atomic mass is 19.4. The molecule has 1 heterocycles. The number of rotatable bonds is 6. The smallest absolute Gasteiger partial charge is 0.417 e. The highest BCUT2D eigenvalue weighted by molar-refractivity contribution is 5.96. The summed E-state index contributed by atoms with van der Waals surface area (Å²) >= 11 is 0. The first-order valence-electron chi connectivity index (χ1n) is 10.9. The van der Waals surface area contributed by atoms with E-state index in [9.17, 15) is 36.2 Å². The van der Waals surface area contributed by atoms with Gasteiger partial charge in [0.25, 0.3) is 0 Å². The Balaban J connectivity index is 1.77. The van der Waals surface area contributed by atoms with Gasteiger partial charge >= 0.3 is 12.1 Å². The topological polar surface area (TPSA) is 59.4 Å². The van der Waals surface area contributed by atoms with Crippen molar-refractivity contribution in [3.8, 4) is 5.75 Å². The molecule has 10 heteroatoms. The third kappa shape index (κ3) is 5.07. The van der Waals surface area contributed by atoms with Gasteiger partial charge in [0.1, 0.15) is 29.8 Å². The highest BCUT2D eigenvalue weighted by Gasteiger charge is 2.35. The van der Waals surface area contributed by atoms with Gasteiger partial charge in [0.2, 0.25) is 0 Å². The number of aromatic carboxylic acids is 1. The molecule has 3 aromatic rings. The van der Waals surface area contributed by atoms with Crippen LogP contribution in [0.25, 0.3) is 11.1 Å². The molecule has 4 rings (SSSR count). The van der Waals surface area contributed by atoms with E-state index in [0.29, 0.717) is 48.1 Å². The van der Waals surface area contributed by atoms with Crippen LogP contribution >= 0.6 is 0 Å². The number of pyridine rings is 1. The summed E-state index contributed by atoms with van der Waals surface area (Å²) in [7, 11) is 0. The predicted molar refractivity (Wildman–Crippen MR) is 119 cm³/mol. The molecule has 0 atom stereocenters. The fourth-order valence-corrected chi connectivity index (χ4v) is 4.25. The monoisotopic (exact) mass is 507 g/mol. The molecule has 0 spiro atoms. The fourth-order valence-electron chi connectivity index (χ4n) is 4.25. The standard InChI is InChI=1S/C26H19F6NO3/c1-13-19(25(34)35)7-14(11-33-13)17-3-2-4-18(17)20-10-16(5-6-22(20)26(30,31)32)36-12-21-23(28)8-15(27)9-24(21)29/h5-11H,2-4,12H2,1H3,(H,34,35). The third-order valence-corrected chi connectivity index (χ3v) is 5.99. The molecular weight excluding hydrogens is 488 g/mol. The van der Waals surface area contributed by atoms with E-state index in [1.54, 1.807) is 0 Å². The van der Waals surface area contributed by atoms with E-state index in [-0.39, 0.29) is 22.6 Å². The molecule has 1 N–H and O–H groups in total. The van der Waals surface area contributed by atoms with Gasteiger partial charge in [-0.25, -0.2) is 18.0 Å². The second-order valence-electron chi connectivity index (χ2n) is 8.31. The van der Waals surface area contributed by atoms with E-state index in [1.807, 2.05) is 0 Å². The summed E-state index contributed by atoms with van der Waals surface area (Å²) in [5.41, 5.74) is -0.157. The Morgan fingerprint density at radius 2 is 1.69 bits per heavy atom. The van der Waals surface area contributed by atoms with Gasteiger partial charge in [-0.05, 0) is 72.7 Å². The number of aryl methyl sites for hydroxylation is 1. The van der Waals surface area contributed by atoms with E-state index >= 15 is 0 Å². The number of alkyl halides is 3. The summed E-state index contributed by atoms with van der Waals surface area (Å²) in [5.74, 6) is -4.74. The second-order valence-corrected chi connectivity index (χ2v) is 8.31. The van der Waals surface area contributed by atoms with Gasteiger partial charge in [-0.2, -0.15) is 13.2 Å². The summed E-state index contributed by atoms with van der Waals surface area (Å²) in [4.78, 5) is 15.6. The maximum absolute atomic E-state index is 14.0. The lowest BCUT2D eigenvalue weighted by atomic mass is 9.93. The van der Waals surface area contributed by atoms with Crippen LogP contribution in [-0.4, -0.2) is 16.1 Å². The van der Waals surface area contributed by atoms with Gasteiger partial charge < -0.3 is 9.84 Å². The average molecular weight is 507 g/mol. The first-order valence-corrected chi connectivity index (χ1v) is 10.9. The number of hydrogen-bond donors (Lipinski definition) is 1. The van der Waals surface area contributed by atoms with Gasteiger partial charge in [0, 0.05) is 18.3 Å². The Hall–Kier alpha value is -3.82. The number of aromatic nitrogens is 1. The lowest BCUT2D eigenvalue weighted by Gasteiger charge is -2.18. The number of nitrogens with zero attached hydrogens (tertiary/aromatic N) is 1. The van der Waals surface area contributed by atoms with Crippen LogP contribution < -0.4 is 4.74 Å².